The van der Waals surface area contributed by atoms with Crippen molar-refractivity contribution in [3.8, 4) is 12.1 Å². The number of rotatable bonds is 2. The van der Waals surface area contributed by atoms with Gasteiger partial charge in [0, 0.05) is 5.56 Å². The van der Waals surface area contributed by atoms with Crippen molar-refractivity contribution in [3.05, 3.63) is 70.3 Å². The standard InChI is InChI=1S/C17H9F3N2/c18-17(19,20)15-7-4-12(5-8-15)6-9-16-13(10-21)2-1-3-14(16)11-22/h1-9H/b9-6+. The van der Waals surface area contributed by atoms with Gasteiger partial charge in [-0.3, -0.25) is 0 Å². The summed E-state index contributed by atoms with van der Waals surface area (Å²) in [7, 11) is 0. The fraction of sp³-hybridized carbons (Fsp3) is 0.0588. The van der Waals surface area contributed by atoms with Crippen LogP contribution in [0.2, 0.25) is 0 Å². The first-order valence-corrected chi connectivity index (χ1v) is 6.24. The van der Waals surface area contributed by atoms with Gasteiger partial charge in [-0.25, -0.2) is 0 Å². The van der Waals surface area contributed by atoms with Crippen molar-refractivity contribution >= 4 is 12.2 Å². The Hall–Kier alpha value is -3.05. The van der Waals surface area contributed by atoms with Crippen molar-refractivity contribution in [2.75, 3.05) is 0 Å². The molecule has 5 heteroatoms. The predicted molar refractivity (Wildman–Crippen MR) is 76.2 cm³/mol. The maximum absolute atomic E-state index is 12.5. The van der Waals surface area contributed by atoms with E-state index in [2.05, 4.69) is 0 Å². The third-order valence-electron chi connectivity index (χ3n) is 3.03. The van der Waals surface area contributed by atoms with Crippen molar-refractivity contribution in [1.82, 2.24) is 0 Å². The van der Waals surface area contributed by atoms with Gasteiger partial charge in [0.1, 0.15) is 0 Å². The molecule has 0 heterocycles. The summed E-state index contributed by atoms with van der Waals surface area (Å²) in [6, 6.07) is 13.4. The molecule has 108 valence electrons. The monoisotopic (exact) mass is 298 g/mol. The molecule has 0 atom stereocenters. The van der Waals surface area contributed by atoms with Crippen LogP contribution in [-0.4, -0.2) is 0 Å². The minimum absolute atomic E-state index is 0.335. The molecule has 0 aliphatic rings. The summed E-state index contributed by atoms with van der Waals surface area (Å²) in [5.41, 5.74) is 0.946. The summed E-state index contributed by atoms with van der Waals surface area (Å²) in [6.45, 7) is 0. The van der Waals surface area contributed by atoms with Crippen LogP contribution in [0.1, 0.15) is 27.8 Å². The quantitative estimate of drug-likeness (QED) is 0.759. The van der Waals surface area contributed by atoms with E-state index >= 15 is 0 Å². The highest BCUT2D eigenvalue weighted by atomic mass is 19.4. The zero-order chi connectivity index (χ0) is 16.2. The van der Waals surface area contributed by atoms with Gasteiger partial charge >= 0.3 is 6.18 Å². The van der Waals surface area contributed by atoms with E-state index in [0.717, 1.165) is 12.1 Å². The van der Waals surface area contributed by atoms with E-state index in [1.54, 1.807) is 30.4 Å². The molecule has 0 radical (unpaired) electrons. The molecule has 2 aromatic rings. The summed E-state index contributed by atoms with van der Waals surface area (Å²) < 4.78 is 37.4. The second kappa shape index (κ2) is 6.15. The molecule has 2 aromatic carbocycles. The van der Waals surface area contributed by atoms with Crippen LogP contribution < -0.4 is 0 Å². The van der Waals surface area contributed by atoms with Gasteiger partial charge in [0.15, 0.2) is 0 Å². The molecule has 2 nitrogen and oxygen atoms in total. The van der Waals surface area contributed by atoms with E-state index in [0.29, 0.717) is 22.3 Å². The van der Waals surface area contributed by atoms with E-state index < -0.39 is 11.7 Å². The summed E-state index contributed by atoms with van der Waals surface area (Å²) in [5, 5.41) is 18.1. The second-order valence-electron chi connectivity index (χ2n) is 4.44. The lowest BCUT2D eigenvalue weighted by Crippen LogP contribution is -2.03. The molecular weight excluding hydrogens is 289 g/mol. The van der Waals surface area contributed by atoms with Gasteiger partial charge in [0.2, 0.25) is 0 Å². The van der Waals surface area contributed by atoms with Crippen LogP contribution in [0.25, 0.3) is 12.2 Å². The normalized spacial score (nSPS) is 11.1. The minimum atomic E-state index is -4.37. The van der Waals surface area contributed by atoms with E-state index in [4.69, 9.17) is 10.5 Å². The lowest BCUT2D eigenvalue weighted by molar-refractivity contribution is -0.137. The first-order chi connectivity index (χ1) is 10.5. The number of nitriles is 2. The van der Waals surface area contributed by atoms with Gasteiger partial charge in [-0.15, -0.1) is 0 Å². The van der Waals surface area contributed by atoms with Gasteiger partial charge in [0.25, 0.3) is 0 Å². The molecule has 0 bridgehead atoms. The summed E-state index contributed by atoms with van der Waals surface area (Å²) >= 11 is 0. The number of benzene rings is 2. The van der Waals surface area contributed by atoms with Gasteiger partial charge < -0.3 is 0 Å². The number of halogens is 3. The zero-order valence-corrected chi connectivity index (χ0v) is 11.2. The average Bonchev–Trinajstić information content (AvgIpc) is 2.52. The Kier molecular flexibility index (Phi) is 4.29. The minimum Gasteiger partial charge on any atom is -0.192 e. The van der Waals surface area contributed by atoms with Gasteiger partial charge in [-0.1, -0.05) is 30.4 Å². The van der Waals surface area contributed by atoms with E-state index in [-0.39, 0.29) is 0 Å². The van der Waals surface area contributed by atoms with Gasteiger partial charge in [0.05, 0.1) is 28.8 Å². The second-order valence-corrected chi connectivity index (χ2v) is 4.44. The smallest absolute Gasteiger partial charge is 0.192 e. The van der Waals surface area contributed by atoms with E-state index in [9.17, 15) is 13.2 Å². The topological polar surface area (TPSA) is 47.6 Å². The van der Waals surface area contributed by atoms with Crippen LogP contribution in [0, 0.1) is 22.7 Å². The van der Waals surface area contributed by atoms with E-state index in [1.807, 2.05) is 12.1 Å². The van der Waals surface area contributed by atoms with Crippen LogP contribution in [-0.2, 0) is 6.18 Å². The Morgan fingerprint density at radius 2 is 1.36 bits per heavy atom. The highest BCUT2D eigenvalue weighted by Gasteiger charge is 2.29. The number of hydrogen-bond acceptors (Lipinski definition) is 2. The maximum atomic E-state index is 12.5. The van der Waals surface area contributed by atoms with Crippen molar-refractivity contribution in [1.29, 1.82) is 10.5 Å². The summed E-state index contributed by atoms with van der Waals surface area (Å²) in [5.74, 6) is 0. The zero-order valence-electron chi connectivity index (χ0n) is 11.2. The lowest BCUT2D eigenvalue weighted by Gasteiger charge is -2.06. The highest BCUT2D eigenvalue weighted by Crippen LogP contribution is 2.29. The maximum Gasteiger partial charge on any atom is 0.416 e. The Morgan fingerprint density at radius 1 is 0.818 bits per heavy atom. The third kappa shape index (κ3) is 3.34. The molecular formula is C17H9F3N2. The number of nitrogens with zero attached hydrogens (tertiary/aromatic N) is 2. The average molecular weight is 298 g/mol. The van der Waals surface area contributed by atoms with Crippen LogP contribution in [0.15, 0.2) is 42.5 Å². The molecule has 0 fully saturated rings. The molecule has 0 unspecified atom stereocenters. The van der Waals surface area contributed by atoms with Crippen LogP contribution in [0.4, 0.5) is 13.2 Å². The molecule has 2 rings (SSSR count). The SMILES string of the molecule is N#Cc1cccc(C#N)c1/C=C/c1ccc(C(F)(F)F)cc1. The van der Waals surface area contributed by atoms with Crippen molar-refractivity contribution < 1.29 is 13.2 Å². The Labute approximate surface area is 125 Å². The first-order valence-electron chi connectivity index (χ1n) is 6.24. The molecule has 0 spiro atoms. The van der Waals surface area contributed by atoms with Crippen LogP contribution >= 0.6 is 0 Å². The largest absolute Gasteiger partial charge is 0.416 e. The van der Waals surface area contributed by atoms with Gasteiger partial charge in [-0.2, -0.15) is 23.7 Å². The lowest BCUT2D eigenvalue weighted by atomic mass is 10.0. The highest BCUT2D eigenvalue weighted by molar-refractivity contribution is 5.75. The number of hydrogen-bond donors (Lipinski definition) is 0. The first kappa shape index (κ1) is 15.3. The predicted octanol–water partition coefficient (Wildman–Crippen LogP) is 4.62. The third-order valence-corrected chi connectivity index (χ3v) is 3.03. The summed E-state index contributed by atoms with van der Waals surface area (Å²) in [4.78, 5) is 0. The number of alkyl halides is 3. The van der Waals surface area contributed by atoms with Crippen molar-refractivity contribution in [2.45, 2.75) is 6.18 Å². The van der Waals surface area contributed by atoms with Gasteiger partial charge in [-0.05, 0) is 29.8 Å². The van der Waals surface area contributed by atoms with Crippen LogP contribution in [0.3, 0.4) is 0 Å². The Bertz CT molecular complexity index is 756. The van der Waals surface area contributed by atoms with Crippen molar-refractivity contribution in [2.24, 2.45) is 0 Å². The Morgan fingerprint density at radius 3 is 1.82 bits per heavy atom. The molecule has 0 N–H and O–H groups in total. The molecule has 0 saturated carbocycles. The summed E-state index contributed by atoms with van der Waals surface area (Å²) in [6.07, 6.45) is -1.25. The Balaban J connectivity index is 2.34. The molecule has 0 aliphatic carbocycles. The molecule has 22 heavy (non-hydrogen) atoms. The van der Waals surface area contributed by atoms with E-state index in [1.165, 1.54) is 12.1 Å². The molecule has 0 aliphatic heterocycles. The van der Waals surface area contributed by atoms with Crippen molar-refractivity contribution in [3.63, 3.8) is 0 Å². The van der Waals surface area contributed by atoms with Crippen LogP contribution in [0.5, 0.6) is 0 Å². The molecule has 0 aromatic heterocycles. The molecule has 0 saturated heterocycles. The fourth-order valence-corrected chi connectivity index (χ4v) is 1.90. The molecule has 0 amide bonds. The fourth-order valence-electron chi connectivity index (χ4n) is 1.90.